The molecule has 0 amide bonds. The van der Waals surface area contributed by atoms with Gasteiger partial charge in [0.2, 0.25) is 0 Å². The number of aldehydes is 1. The molecule has 1 aromatic carbocycles. The van der Waals surface area contributed by atoms with Gasteiger partial charge < -0.3 is 9.64 Å². The van der Waals surface area contributed by atoms with Crippen LogP contribution in [0.1, 0.15) is 29.6 Å². The number of rotatable bonds is 7. The highest BCUT2D eigenvalue weighted by Gasteiger charge is 2.16. The Hall–Kier alpha value is -1.95. The Labute approximate surface area is 117 Å². The van der Waals surface area contributed by atoms with Crippen LogP contribution in [0.15, 0.2) is 18.2 Å². The van der Waals surface area contributed by atoms with Gasteiger partial charge in [-0.05, 0) is 44.5 Å². The summed E-state index contributed by atoms with van der Waals surface area (Å²) in [7, 11) is 0. The number of likely N-dealkylation sites (tertiary alicyclic amines) is 1. The van der Waals surface area contributed by atoms with E-state index in [2.05, 4.69) is 4.90 Å². The molecule has 1 aliphatic heterocycles. The Balaban J connectivity index is 1.87. The predicted molar refractivity (Wildman–Crippen MR) is 74.3 cm³/mol. The normalized spacial score (nSPS) is 15.2. The number of nitrogens with zero attached hydrogens (tertiary/aromatic N) is 2. The van der Waals surface area contributed by atoms with Crippen LogP contribution in [0.5, 0.6) is 5.75 Å². The van der Waals surface area contributed by atoms with Crippen molar-refractivity contribution in [2.75, 3.05) is 26.2 Å². The molecule has 0 N–H and O–H groups in total. The summed E-state index contributed by atoms with van der Waals surface area (Å²) >= 11 is 0. The minimum absolute atomic E-state index is 0.157. The molecule has 1 fully saturated rings. The Bertz CT molecular complexity index is 484. The lowest BCUT2D eigenvalue weighted by Crippen LogP contribution is -2.22. The Morgan fingerprint density at radius 1 is 1.35 bits per heavy atom. The molecular formula is C14H18N2O4. The van der Waals surface area contributed by atoms with E-state index in [0.29, 0.717) is 12.9 Å². The zero-order valence-electron chi connectivity index (χ0n) is 11.3. The van der Waals surface area contributed by atoms with Crippen molar-refractivity contribution >= 4 is 12.0 Å². The van der Waals surface area contributed by atoms with E-state index in [4.69, 9.17) is 4.74 Å². The molecule has 0 saturated carbocycles. The van der Waals surface area contributed by atoms with Crippen LogP contribution in [0.3, 0.4) is 0 Å². The summed E-state index contributed by atoms with van der Waals surface area (Å²) in [4.78, 5) is 23.4. The van der Waals surface area contributed by atoms with Crippen LogP contribution in [-0.2, 0) is 0 Å². The summed E-state index contributed by atoms with van der Waals surface area (Å²) in [6.45, 7) is 3.67. The zero-order valence-corrected chi connectivity index (χ0v) is 11.3. The molecule has 6 heteroatoms. The van der Waals surface area contributed by atoms with Crippen LogP contribution < -0.4 is 4.74 Å². The van der Waals surface area contributed by atoms with Gasteiger partial charge in [0.1, 0.15) is 6.29 Å². The van der Waals surface area contributed by atoms with Gasteiger partial charge in [-0.25, -0.2) is 0 Å². The third-order valence-electron chi connectivity index (χ3n) is 3.39. The SMILES string of the molecule is O=Cc1ccc(OCCCN2CCCC2)c([N+](=O)[O-])c1. The third-order valence-corrected chi connectivity index (χ3v) is 3.39. The smallest absolute Gasteiger partial charge is 0.311 e. The number of carbonyl (C=O) groups excluding carboxylic acids is 1. The fraction of sp³-hybridized carbons (Fsp3) is 0.500. The fourth-order valence-corrected chi connectivity index (χ4v) is 2.35. The zero-order chi connectivity index (χ0) is 14.4. The largest absolute Gasteiger partial charge is 0.487 e. The summed E-state index contributed by atoms with van der Waals surface area (Å²) in [5.41, 5.74) is 0.122. The number of hydrogen-bond acceptors (Lipinski definition) is 5. The Kier molecular flexibility index (Phi) is 5.06. The maximum Gasteiger partial charge on any atom is 0.311 e. The predicted octanol–water partition coefficient (Wildman–Crippen LogP) is 2.27. The number of carbonyl (C=O) groups is 1. The summed E-state index contributed by atoms with van der Waals surface area (Å²) in [5.74, 6) is 0.224. The Morgan fingerprint density at radius 2 is 2.10 bits per heavy atom. The summed E-state index contributed by atoms with van der Waals surface area (Å²) in [6.07, 6.45) is 3.93. The monoisotopic (exact) mass is 278 g/mol. The fourth-order valence-electron chi connectivity index (χ4n) is 2.35. The number of hydrogen-bond donors (Lipinski definition) is 0. The number of nitro benzene ring substituents is 1. The van der Waals surface area contributed by atoms with Crippen LogP contribution in [0.25, 0.3) is 0 Å². The number of benzene rings is 1. The van der Waals surface area contributed by atoms with Crippen LogP contribution in [0.2, 0.25) is 0 Å². The average Bonchev–Trinajstić information content (AvgIpc) is 2.96. The quantitative estimate of drug-likeness (QED) is 0.331. The van der Waals surface area contributed by atoms with E-state index in [0.717, 1.165) is 26.1 Å². The standard InChI is InChI=1S/C14H18N2O4/c17-11-12-4-5-14(13(10-12)16(18)19)20-9-3-8-15-6-1-2-7-15/h4-5,10-11H,1-3,6-9H2. The highest BCUT2D eigenvalue weighted by Crippen LogP contribution is 2.27. The molecule has 108 valence electrons. The second kappa shape index (κ2) is 7.00. The van der Waals surface area contributed by atoms with Gasteiger partial charge in [0, 0.05) is 18.2 Å². The number of nitro groups is 1. The molecule has 2 rings (SSSR count). The first-order valence-corrected chi connectivity index (χ1v) is 6.79. The average molecular weight is 278 g/mol. The van der Waals surface area contributed by atoms with Crippen molar-refractivity contribution in [3.05, 3.63) is 33.9 Å². The van der Waals surface area contributed by atoms with Gasteiger partial charge in [-0.2, -0.15) is 0 Å². The van der Waals surface area contributed by atoms with Crippen molar-refractivity contribution in [3.8, 4) is 5.75 Å². The van der Waals surface area contributed by atoms with E-state index in [1.54, 1.807) is 0 Å². The van der Waals surface area contributed by atoms with E-state index < -0.39 is 4.92 Å². The second-order valence-corrected chi connectivity index (χ2v) is 4.85. The van der Waals surface area contributed by atoms with Gasteiger partial charge in [-0.3, -0.25) is 14.9 Å². The van der Waals surface area contributed by atoms with Crippen LogP contribution in [-0.4, -0.2) is 42.4 Å². The first-order chi connectivity index (χ1) is 9.70. The van der Waals surface area contributed by atoms with Crippen molar-refractivity contribution in [1.82, 2.24) is 4.90 Å². The molecule has 1 heterocycles. The molecule has 0 atom stereocenters. The minimum atomic E-state index is -0.525. The summed E-state index contributed by atoms with van der Waals surface area (Å²) < 4.78 is 5.47. The highest BCUT2D eigenvalue weighted by atomic mass is 16.6. The van der Waals surface area contributed by atoms with Crippen LogP contribution in [0, 0.1) is 10.1 Å². The molecule has 0 radical (unpaired) electrons. The minimum Gasteiger partial charge on any atom is -0.487 e. The maximum atomic E-state index is 10.9. The van der Waals surface area contributed by atoms with Gasteiger partial charge in [0.05, 0.1) is 11.5 Å². The molecule has 6 nitrogen and oxygen atoms in total. The molecule has 0 spiro atoms. The maximum absolute atomic E-state index is 10.9. The molecule has 0 unspecified atom stereocenters. The Morgan fingerprint density at radius 3 is 2.75 bits per heavy atom. The lowest BCUT2D eigenvalue weighted by Gasteiger charge is -2.14. The van der Waals surface area contributed by atoms with Crippen molar-refractivity contribution < 1.29 is 14.5 Å². The van der Waals surface area contributed by atoms with Crippen LogP contribution in [0.4, 0.5) is 5.69 Å². The van der Waals surface area contributed by atoms with E-state index >= 15 is 0 Å². The molecule has 0 aliphatic carbocycles. The van der Waals surface area contributed by atoms with Crippen molar-refractivity contribution in [2.24, 2.45) is 0 Å². The van der Waals surface area contributed by atoms with Crippen LogP contribution >= 0.6 is 0 Å². The van der Waals surface area contributed by atoms with Gasteiger partial charge in [-0.1, -0.05) is 0 Å². The first-order valence-electron chi connectivity index (χ1n) is 6.79. The third kappa shape index (κ3) is 3.77. The molecular weight excluding hydrogens is 260 g/mol. The van der Waals surface area contributed by atoms with Crippen molar-refractivity contribution in [3.63, 3.8) is 0 Å². The van der Waals surface area contributed by atoms with E-state index in [9.17, 15) is 14.9 Å². The van der Waals surface area contributed by atoms with Gasteiger partial charge in [-0.15, -0.1) is 0 Å². The van der Waals surface area contributed by atoms with Crippen molar-refractivity contribution in [1.29, 1.82) is 0 Å². The number of ether oxygens (including phenoxy) is 1. The summed E-state index contributed by atoms with van der Waals surface area (Å²) in [5, 5.41) is 10.9. The molecule has 1 aromatic rings. The van der Waals surface area contributed by atoms with E-state index in [-0.39, 0.29) is 17.0 Å². The molecule has 0 aromatic heterocycles. The molecule has 0 bridgehead atoms. The molecule has 1 aliphatic rings. The van der Waals surface area contributed by atoms with E-state index in [1.165, 1.54) is 31.0 Å². The highest BCUT2D eigenvalue weighted by molar-refractivity contribution is 5.77. The van der Waals surface area contributed by atoms with Gasteiger partial charge >= 0.3 is 5.69 Å². The second-order valence-electron chi connectivity index (χ2n) is 4.85. The lowest BCUT2D eigenvalue weighted by atomic mass is 10.2. The molecule has 1 saturated heterocycles. The molecule has 20 heavy (non-hydrogen) atoms. The van der Waals surface area contributed by atoms with E-state index in [1.807, 2.05) is 0 Å². The first kappa shape index (κ1) is 14.5. The lowest BCUT2D eigenvalue weighted by molar-refractivity contribution is -0.385. The summed E-state index contributed by atoms with van der Waals surface area (Å²) in [6, 6.07) is 4.25. The topological polar surface area (TPSA) is 72.7 Å². The van der Waals surface area contributed by atoms with Crippen molar-refractivity contribution in [2.45, 2.75) is 19.3 Å². The van der Waals surface area contributed by atoms with Gasteiger partial charge in [0.15, 0.2) is 5.75 Å². The van der Waals surface area contributed by atoms with Gasteiger partial charge in [0.25, 0.3) is 0 Å².